The van der Waals surface area contributed by atoms with Gasteiger partial charge in [0.1, 0.15) is 5.75 Å². The number of rotatable bonds is 7. The summed E-state index contributed by atoms with van der Waals surface area (Å²) in [5.41, 5.74) is 3.07. The Morgan fingerprint density at radius 3 is 1.96 bits per heavy atom. The predicted molar refractivity (Wildman–Crippen MR) is 105 cm³/mol. The molecule has 1 amide bonds. The summed E-state index contributed by atoms with van der Waals surface area (Å²) in [6.07, 6.45) is 0.828. The maximum atomic E-state index is 12.5. The number of ether oxygens (including phenoxy) is 1. The van der Waals surface area contributed by atoms with Gasteiger partial charge in [0.25, 0.3) is 5.91 Å². The minimum atomic E-state index is -0.109. The van der Waals surface area contributed by atoms with Gasteiger partial charge >= 0.3 is 0 Å². The van der Waals surface area contributed by atoms with E-state index in [-0.39, 0.29) is 11.8 Å². The maximum Gasteiger partial charge on any atom is 0.255 e. The third kappa shape index (κ3) is 4.31. The molecule has 0 unspecified atom stereocenters. The minimum absolute atomic E-state index is 0.109. The standard InChI is InChI=1S/C23H23NO2/c1-26-22-15-9-8-14-21(22)23(25)24-17-16-20(18-10-4-2-5-11-18)19-12-6-3-7-13-19/h2-15,20H,16-17H2,1H3,(H,24,25). The van der Waals surface area contributed by atoms with Crippen molar-refractivity contribution in [2.45, 2.75) is 12.3 Å². The van der Waals surface area contributed by atoms with Gasteiger partial charge in [-0.25, -0.2) is 0 Å². The number of nitrogens with one attached hydrogen (secondary N) is 1. The molecule has 0 aliphatic rings. The molecule has 0 atom stereocenters. The lowest BCUT2D eigenvalue weighted by Gasteiger charge is -2.18. The molecule has 132 valence electrons. The molecule has 0 aliphatic heterocycles. The third-order valence-corrected chi connectivity index (χ3v) is 4.47. The molecule has 1 N–H and O–H groups in total. The average Bonchev–Trinajstić information content (AvgIpc) is 2.72. The molecule has 0 bridgehead atoms. The summed E-state index contributed by atoms with van der Waals surface area (Å²) < 4.78 is 5.27. The highest BCUT2D eigenvalue weighted by atomic mass is 16.5. The van der Waals surface area contributed by atoms with Gasteiger partial charge < -0.3 is 10.1 Å². The monoisotopic (exact) mass is 345 g/mol. The zero-order valence-corrected chi connectivity index (χ0v) is 14.9. The molecule has 0 aliphatic carbocycles. The van der Waals surface area contributed by atoms with Gasteiger partial charge in [0.2, 0.25) is 0 Å². The summed E-state index contributed by atoms with van der Waals surface area (Å²) in [6.45, 7) is 0.589. The topological polar surface area (TPSA) is 38.3 Å². The molecule has 0 saturated carbocycles. The molecular weight excluding hydrogens is 322 g/mol. The van der Waals surface area contributed by atoms with Gasteiger partial charge in [0.15, 0.2) is 0 Å². The van der Waals surface area contributed by atoms with Gasteiger partial charge in [0, 0.05) is 12.5 Å². The Kier molecular flexibility index (Phi) is 6.05. The van der Waals surface area contributed by atoms with E-state index in [2.05, 4.69) is 53.8 Å². The zero-order valence-electron chi connectivity index (χ0n) is 14.9. The molecule has 0 fully saturated rings. The largest absolute Gasteiger partial charge is 0.496 e. The Morgan fingerprint density at radius 2 is 1.38 bits per heavy atom. The molecule has 0 aromatic heterocycles. The number of para-hydroxylation sites is 1. The van der Waals surface area contributed by atoms with Crippen molar-refractivity contribution < 1.29 is 9.53 Å². The Balaban J connectivity index is 1.70. The molecule has 3 rings (SSSR count). The van der Waals surface area contributed by atoms with Gasteiger partial charge in [-0.2, -0.15) is 0 Å². The Morgan fingerprint density at radius 1 is 0.846 bits per heavy atom. The number of benzene rings is 3. The summed E-state index contributed by atoms with van der Waals surface area (Å²) in [4.78, 5) is 12.5. The van der Waals surface area contributed by atoms with Crippen LogP contribution in [0.25, 0.3) is 0 Å². The fraction of sp³-hybridized carbons (Fsp3) is 0.174. The lowest BCUT2D eigenvalue weighted by Crippen LogP contribution is -2.26. The summed E-state index contributed by atoms with van der Waals surface area (Å²) in [6, 6.07) is 28.1. The first-order valence-corrected chi connectivity index (χ1v) is 8.80. The normalized spacial score (nSPS) is 10.5. The Bertz CT molecular complexity index is 792. The lowest BCUT2D eigenvalue weighted by atomic mass is 9.88. The van der Waals surface area contributed by atoms with E-state index in [0.717, 1.165) is 6.42 Å². The van der Waals surface area contributed by atoms with Crippen LogP contribution in [0.15, 0.2) is 84.9 Å². The molecule has 3 nitrogen and oxygen atoms in total. The van der Waals surface area contributed by atoms with Crippen molar-refractivity contribution in [2.24, 2.45) is 0 Å². The second kappa shape index (κ2) is 8.86. The van der Waals surface area contributed by atoms with Crippen LogP contribution in [0.1, 0.15) is 33.8 Å². The molecule has 0 radical (unpaired) electrons. The quantitative estimate of drug-likeness (QED) is 0.677. The highest BCUT2D eigenvalue weighted by molar-refractivity contribution is 5.96. The first-order chi connectivity index (χ1) is 12.8. The fourth-order valence-electron chi connectivity index (χ4n) is 3.15. The summed E-state index contributed by atoms with van der Waals surface area (Å²) in [5.74, 6) is 0.727. The molecule has 0 heterocycles. The number of hydrogen-bond donors (Lipinski definition) is 1. The number of carbonyl (C=O) groups is 1. The Hall–Kier alpha value is -3.07. The highest BCUT2D eigenvalue weighted by Crippen LogP contribution is 2.27. The average molecular weight is 345 g/mol. The van der Waals surface area contributed by atoms with Crippen LogP contribution >= 0.6 is 0 Å². The molecular formula is C23H23NO2. The van der Waals surface area contributed by atoms with Gasteiger partial charge in [-0.15, -0.1) is 0 Å². The minimum Gasteiger partial charge on any atom is -0.496 e. The van der Waals surface area contributed by atoms with Crippen LogP contribution in [-0.2, 0) is 0 Å². The molecule has 3 aromatic carbocycles. The van der Waals surface area contributed by atoms with Crippen LogP contribution in [-0.4, -0.2) is 19.6 Å². The van der Waals surface area contributed by atoms with Crippen molar-refractivity contribution in [2.75, 3.05) is 13.7 Å². The Labute approximate surface area is 154 Å². The van der Waals surface area contributed by atoms with E-state index in [1.54, 1.807) is 19.2 Å². The van der Waals surface area contributed by atoms with Crippen LogP contribution in [0.3, 0.4) is 0 Å². The van der Waals surface area contributed by atoms with Crippen molar-refractivity contribution in [1.82, 2.24) is 5.32 Å². The van der Waals surface area contributed by atoms with Crippen LogP contribution < -0.4 is 10.1 Å². The van der Waals surface area contributed by atoms with Gasteiger partial charge in [-0.05, 0) is 29.7 Å². The summed E-state index contributed by atoms with van der Waals surface area (Å²) in [5, 5.41) is 3.02. The first-order valence-electron chi connectivity index (χ1n) is 8.80. The maximum absolute atomic E-state index is 12.5. The van der Waals surface area contributed by atoms with Crippen LogP contribution in [0, 0.1) is 0 Å². The van der Waals surface area contributed by atoms with Crippen molar-refractivity contribution in [1.29, 1.82) is 0 Å². The smallest absolute Gasteiger partial charge is 0.255 e. The fourth-order valence-corrected chi connectivity index (χ4v) is 3.15. The van der Waals surface area contributed by atoms with Crippen molar-refractivity contribution in [3.8, 4) is 5.75 Å². The zero-order chi connectivity index (χ0) is 18.2. The number of methoxy groups -OCH3 is 1. The summed E-state index contributed by atoms with van der Waals surface area (Å²) >= 11 is 0. The number of amides is 1. The van der Waals surface area contributed by atoms with Crippen LogP contribution in [0.4, 0.5) is 0 Å². The van der Waals surface area contributed by atoms with Crippen molar-refractivity contribution in [3.63, 3.8) is 0 Å². The second-order valence-corrected chi connectivity index (χ2v) is 6.12. The van der Waals surface area contributed by atoms with Gasteiger partial charge in [0.05, 0.1) is 12.7 Å². The van der Waals surface area contributed by atoms with E-state index in [0.29, 0.717) is 17.9 Å². The molecule has 3 heteroatoms. The molecule has 0 spiro atoms. The molecule has 26 heavy (non-hydrogen) atoms. The van der Waals surface area contributed by atoms with E-state index in [1.807, 2.05) is 24.3 Å². The van der Waals surface area contributed by atoms with Crippen LogP contribution in [0.5, 0.6) is 5.75 Å². The van der Waals surface area contributed by atoms with Gasteiger partial charge in [-0.3, -0.25) is 4.79 Å². The number of carbonyl (C=O) groups excluding carboxylic acids is 1. The molecule has 0 saturated heterocycles. The van der Waals surface area contributed by atoms with Crippen molar-refractivity contribution in [3.05, 3.63) is 102 Å². The summed E-state index contributed by atoms with van der Waals surface area (Å²) in [7, 11) is 1.58. The van der Waals surface area contributed by atoms with Crippen molar-refractivity contribution >= 4 is 5.91 Å². The predicted octanol–water partition coefficient (Wildman–Crippen LogP) is 4.65. The van der Waals surface area contributed by atoms with E-state index >= 15 is 0 Å². The van der Waals surface area contributed by atoms with E-state index < -0.39 is 0 Å². The number of hydrogen-bond acceptors (Lipinski definition) is 2. The van der Waals surface area contributed by atoms with Crippen LogP contribution in [0.2, 0.25) is 0 Å². The SMILES string of the molecule is COc1ccccc1C(=O)NCCC(c1ccccc1)c1ccccc1. The van der Waals surface area contributed by atoms with Gasteiger partial charge in [-0.1, -0.05) is 72.8 Å². The molecule has 3 aromatic rings. The lowest BCUT2D eigenvalue weighted by molar-refractivity contribution is 0.0950. The van der Waals surface area contributed by atoms with E-state index in [1.165, 1.54) is 11.1 Å². The second-order valence-electron chi connectivity index (χ2n) is 6.12. The third-order valence-electron chi connectivity index (χ3n) is 4.47. The highest BCUT2D eigenvalue weighted by Gasteiger charge is 2.15. The van der Waals surface area contributed by atoms with E-state index in [4.69, 9.17) is 4.74 Å². The van der Waals surface area contributed by atoms with E-state index in [9.17, 15) is 4.79 Å². The first kappa shape index (κ1) is 17.7.